The molecule has 1 aliphatic heterocycles. The predicted molar refractivity (Wildman–Crippen MR) is 104 cm³/mol. The minimum atomic E-state index is -4.50. The van der Waals surface area contributed by atoms with E-state index in [1.54, 1.807) is 30.0 Å². The van der Waals surface area contributed by atoms with E-state index in [2.05, 4.69) is 16.5 Å². The zero-order valence-electron chi connectivity index (χ0n) is 16.7. The van der Waals surface area contributed by atoms with Crippen LogP contribution in [0.4, 0.5) is 13.2 Å². The highest BCUT2D eigenvalue weighted by molar-refractivity contribution is 6.00. The van der Waals surface area contributed by atoms with E-state index in [-0.39, 0.29) is 24.1 Å². The predicted octanol–water partition coefficient (Wildman–Crippen LogP) is 4.45. The summed E-state index contributed by atoms with van der Waals surface area (Å²) in [5.41, 5.74) is 3.37. The van der Waals surface area contributed by atoms with E-state index in [1.807, 2.05) is 6.92 Å². The second-order valence-electron chi connectivity index (χ2n) is 6.59. The molecular formula is C21H20F3N3O3. The number of ether oxygens (including phenoxy) is 2. The largest absolute Gasteiger partial charge is 0.478 e. The van der Waals surface area contributed by atoms with Gasteiger partial charge in [0.1, 0.15) is 0 Å². The Bertz CT molecular complexity index is 1030. The molecule has 9 heteroatoms. The van der Waals surface area contributed by atoms with Crippen LogP contribution in [0.15, 0.2) is 42.8 Å². The van der Waals surface area contributed by atoms with Crippen molar-refractivity contribution in [1.82, 2.24) is 14.9 Å². The molecule has 0 aromatic carbocycles. The second kappa shape index (κ2) is 8.17. The molecule has 6 nitrogen and oxygen atoms in total. The Morgan fingerprint density at radius 2 is 2.10 bits per heavy atom. The Morgan fingerprint density at radius 3 is 2.70 bits per heavy atom. The first-order chi connectivity index (χ1) is 14.2. The van der Waals surface area contributed by atoms with Crippen LogP contribution in [0.25, 0.3) is 11.3 Å². The molecule has 3 rings (SSSR count). The number of alkyl halides is 3. The van der Waals surface area contributed by atoms with Crippen molar-refractivity contribution in [3.05, 3.63) is 59.6 Å². The number of carbonyl (C=O) groups is 1. The minimum Gasteiger partial charge on any atom is -0.478 e. The van der Waals surface area contributed by atoms with Crippen molar-refractivity contribution in [3.8, 4) is 22.9 Å². The van der Waals surface area contributed by atoms with Gasteiger partial charge in [-0.25, -0.2) is 4.98 Å². The molecule has 0 saturated carbocycles. The third-order valence-corrected chi connectivity index (χ3v) is 4.57. The third-order valence-electron chi connectivity index (χ3n) is 4.57. The lowest BCUT2D eigenvalue weighted by atomic mass is 10.0. The van der Waals surface area contributed by atoms with Crippen LogP contribution in [-0.2, 0) is 6.54 Å². The summed E-state index contributed by atoms with van der Waals surface area (Å²) in [5, 5.41) is 0. The fourth-order valence-electron chi connectivity index (χ4n) is 3.23. The second-order valence-corrected chi connectivity index (χ2v) is 6.59. The van der Waals surface area contributed by atoms with Crippen molar-refractivity contribution < 1.29 is 27.4 Å². The summed E-state index contributed by atoms with van der Waals surface area (Å²) in [6, 6.07) is 3.09. The number of hydrogen-bond acceptors (Lipinski definition) is 5. The summed E-state index contributed by atoms with van der Waals surface area (Å²) in [4.78, 5) is 22.9. The highest BCUT2D eigenvalue weighted by atomic mass is 19.4. The number of aromatic nitrogens is 2. The molecule has 0 spiro atoms. The number of pyridine rings is 2. The van der Waals surface area contributed by atoms with Crippen LogP contribution < -0.4 is 9.47 Å². The number of carbonyl (C=O) groups excluding carboxylic acids is 1. The van der Waals surface area contributed by atoms with Crippen molar-refractivity contribution in [3.63, 3.8) is 0 Å². The molecule has 30 heavy (non-hydrogen) atoms. The van der Waals surface area contributed by atoms with Gasteiger partial charge in [-0.2, -0.15) is 13.2 Å². The van der Waals surface area contributed by atoms with Gasteiger partial charge in [-0.05, 0) is 37.6 Å². The molecule has 3 heterocycles. The monoisotopic (exact) mass is 419 g/mol. The van der Waals surface area contributed by atoms with Crippen LogP contribution in [0.3, 0.4) is 0 Å². The van der Waals surface area contributed by atoms with Crippen LogP contribution in [0.5, 0.6) is 11.6 Å². The fourth-order valence-corrected chi connectivity index (χ4v) is 3.23. The summed E-state index contributed by atoms with van der Waals surface area (Å²) in [6.45, 7) is 6.12. The molecule has 2 aromatic heterocycles. The van der Waals surface area contributed by atoms with E-state index in [4.69, 9.17) is 9.47 Å². The van der Waals surface area contributed by atoms with Gasteiger partial charge in [-0.3, -0.25) is 9.78 Å². The number of hydrogen-bond donors (Lipinski definition) is 0. The highest BCUT2D eigenvalue weighted by Crippen LogP contribution is 2.34. The highest BCUT2D eigenvalue weighted by Gasteiger charge is 2.32. The molecule has 0 bridgehead atoms. The first kappa shape index (κ1) is 21.4. The summed E-state index contributed by atoms with van der Waals surface area (Å²) in [5.74, 6) is -0.379. The zero-order valence-corrected chi connectivity index (χ0v) is 16.7. The standard InChI is InChI=1S/C21H20F3N3O3/c1-5-14(6-2)27-10-16-18(20(27)28)12(3)7-15(26-16)13-8-17(19(29-4)25-9-13)30-11-21(22,23)24/h5-9H,1,10-11H2,2-4H3/b14-6+. The smallest absolute Gasteiger partial charge is 0.422 e. The lowest BCUT2D eigenvalue weighted by Crippen LogP contribution is -2.22. The number of methoxy groups -OCH3 is 1. The van der Waals surface area contributed by atoms with Crippen LogP contribution >= 0.6 is 0 Å². The molecule has 0 N–H and O–H groups in total. The number of halogens is 3. The fraction of sp³-hybridized carbons (Fsp3) is 0.286. The van der Waals surface area contributed by atoms with Crippen molar-refractivity contribution in [2.75, 3.05) is 13.7 Å². The number of amides is 1. The van der Waals surface area contributed by atoms with Crippen LogP contribution in [0, 0.1) is 6.92 Å². The molecule has 0 radical (unpaired) electrons. The van der Waals surface area contributed by atoms with Gasteiger partial charge in [0.25, 0.3) is 11.8 Å². The molecule has 0 aliphatic carbocycles. The van der Waals surface area contributed by atoms with E-state index in [0.717, 1.165) is 0 Å². The first-order valence-corrected chi connectivity index (χ1v) is 9.03. The van der Waals surface area contributed by atoms with Gasteiger partial charge in [0.15, 0.2) is 12.4 Å². The van der Waals surface area contributed by atoms with Gasteiger partial charge in [-0.15, -0.1) is 0 Å². The molecule has 0 unspecified atom stereocenters. The van der Waals surface area contributed by atoms with Gasteiger partial charge < -0.3 is 14.4 Å². The average molecular weight is 419 g/mol. The molecule has 0 fully saturated rings. The minimum absolute atomic E-state index is 0.0639. The molecule has 0 saturated heterocycles. The first-order valence-electron chi connectivity index (χ1n) is 9.03. The molecular weight excluding hydrogens is 399 g/mol. The Labute approximate surface area is 171 Å². The van der Waals surface area contributed by atoms with Crippen LogP contribution in [0.2, 0.25) is 0 Å². The van der Waals surface area contributed by atoms with Crippen molar-refractivity contribution in [2.45, 2.75) is 26.6 Å². The maximum Gasteiger partial charge on any atom is 0.422 e. The normalized spacial score (nSPS) is 14.0. The average Bonchev–Trinajstić information content (AvgIpc) is 3.03. The van der Waals surface area contributed by atoms with E-state index in [0.29, 0.717) is 33.8 Å². The van der Waals surface area contributed by atoms with Crippen LogP contribution in [0.1, 0.15) is 28.5 Å². The Balaban J connectivity index is 1.99. The zero-order chi connectivity index (χ0) is 22.1. The quantitative estimate of drug-likeness (QED) is 0.648. The topological polar surface area (TPSA) is 64.6 Å². The van der Waals surface area contributed by atoms with Gasteiger partial charge in [0.2, 0.25) is 0 Å². The molecule has 2 aromatic rings. The van der Waals surface area contributed by atoms with E-state index >= 15 is 0 Å². The van der Waals surface area contributed by atoms with Gasteiger partial charge in [-0.1, -0.05) is 12.7 Å². The lowest BCUT2D eigenvalue weighted by molar-refractivity contribution is -0.153. The Kier molecular flexibility index (Phi) is 5.82. The van der Waals surface area contributed by atoms with Gasteiger partial charge in [0.05, 0.1) is 30.6 Å². The molecule has 1 amide bonds. The summed E-state index contributed by atoms with van der Waals surface area (Å²) < 4.78 is 47.5. The lowest BCUT2D eigenvalue weighted by Gasteiger charge is -2.15. The number of rotatable bonds is 6. The molecule has 1 aliphatic rings. The van der Waals surface area contributed by atoms with Gasteiger partial charge in [0, 0.05) is 17.5 Å². The number of fused-ring (bicyclic) bond motifs is 1. The van der Waals surface area contributed by atoms with E-state index < -0.39 is 12.8 Å². The summed E-state index contributed by atoms with van der Waals surface area (Å²) in [6.07, 6.45) is 0.314. The van der Waals surface area contributed by atoms with Crippen molar-refractivity contribution >= 4 is 5.91 Å². The number of aryl methyl sites for hydroxylation is 1. The SMILES string of the molecule is C=C/C(=C\C)N1Cc2nc(-c3cnc(OC)c(OCC(F)(F)F)c3)cc(C)c2C1=O. The van der Waals surface area contributed by atoms with Gasteiger partial charge >= 0.3 is 6.18 Å². The van der Waals surface area contributed by atoms with E-state index in [9.17, 15) is 18.0 Å². The Morgan fingerprint density at radius 1 is 1.37 bits per heavy atom. The van der Waals surface area contributed by atoms with E-state index in [1.165, 1.54) is 19.4 Å². The molecule has 0 atom stereocenters. The number of nitrogens with zero attached hydrogens (tertiary/aromatic N) is 3. The van der Waals surface area contributed by atoms with Crippen LogP contribution in [-0.4, -0.2) is 40.7 Å². The van der Waals surface area contributed by atoms with Crippen molar-refractivity contribution in [2.24, 2.45) is 0 Å². The number of allylic oxidation sites excluding steroid dienone is 2. The summed E-state index contributed by atoms with van der Waals surface area (Å²) in [7, 11) is 1.29. The van der Waals surface area contributed by atoms with Crippen molar-refractivity contribution in [1.29, 1.82) is 0 Å². The maximum atomic E-state index is 12.8. The maximum absolute atomic E-state index is 12.8. The summed E-state index contributed by atoms with van der Waals surface area (Å²) >= 11 is 0. The Hall–Kier alpha value is -3.36. The third kappa shape index (κ3) is 4.14. The molecule has 158 valence electrons.